The molecule has 6 heteroatoms. The van der Waals surface area contributed by atoms with E-state index in [1.807, 2.05) is 0 Å². The van der Waals surface area contributed by atoms with E-state index in [0.717, 1.165) is 0 Å². The maximum Gasteiger partial charge on any atom is 0.312 e. The van der Waals surface area contributed by atoms with E-state index in [9.17, 15) is 9.59 Å². The largest absolute Gasteiger partial charge is 0.469 e. The van der Waals surface area contributed by atoms with Crippen LogP contribution in [0.1, 0.15) is 13.8 Å². The van der Waals surface area contributed by atoms with Crippen LogP contribution in [0.25, 0.3) is 0 Å². The van der Waals surface area contributed by atoms with Crippen molar-refractivity contribution < 1.29 is 28.5 Å². The van der Waals surface area contributed by atoms with Gasteiger partial charge in [0, 0.05) is 0 Å². The quantitative estimate of drug-likeness (QED) is 0.507. The molecule has 100 valence electrons. The number of ether oxygens (including phenoxy) is 4. The van der Waals surface area contributed by atoms with Gasteiger partial charge in [0.1, 0.15) is 35.2 Å². The van der Waals surface area contributed by atoms with Crippen molar-refractivity contribution >= 4 is 11.9 Å². The molecule has 6 nitrogen and oxygen atoms in total. The lowest BCUT2D eigenvalue weighted by Gasteiger charge is -2.29. The summed E-state index contributed by atoms with van der Waals surface area (Å²) in [6.45, 7) is 3.60. The third-order valence-electron chi connectivity index (χ3n) is 4.54. The monoisotopic (exact) mass is 256 g/mol. The number of epoxide rings is 1. The van der Waals surface area contributed by atoms with Crippen molar-refractivity contribution in [3.8, 4) is 0 Å². The van der Waals surface area contributed by atoms with Crippen LogP contribution in [0.15, 0.2) is 0 Å². The fourth-order valence-corrected chi connectivity index (χ4v) is 3.71. The Bertz CT molecular complexity index is 396. The zero-order valence-corrected chi connectivity index (χ0v) is 10.8. The smallest absolute Gasteiger partial charge is 0.312 e. The van der Waals surface area contributed by atoms with Crippen molar-refractivity contribution in [1.82, 2.24) is 0 Å². The SMILES string of the molecule is COC(=O)[C@@H]1[C@H](C(=O)OC)[C@@]2(C)O[C@@]1(C)[C@H]1O[C@@H]12. The third-order valence-corrected chi connectivity index (χ3v) is 4.54. The standard InChI is InChI=1S/C12H16O6/c1-11-5(9(13)15-3)6(10(14)16-4)12(2,18-11)8-7(11)17-8/h5-8H,1-4H3/t5-,6+,7-,8-,11+,12+/m0/s1. The molecule has 0 aromatic carbocycles. The Hall–Kier alpha value is -1.14. The first-order valence-electron chi connectivity index (χ1n) is 5.91. The van der Waals surface area contributed by atoms with Gasteiger partial charge in [-0.2, -0.15) is 0 Å². The van der Waals surface area contributed by atoms with Crippen LogP contribution in [0.5, 0.6) is 0 Å². The summed E-state index contributed by atoms with van der Waals surface area (Å²) >= 11 is 0. The van der Waals surface area contributed by atoms with Gasteiger partial charge >= 0.3 is 11.9 Å². The summed E-state index contributed by atoms with van der Waals surface area (Å²) in [6.07, 6.45) is -0.264. The zero-order chi connectivity index (χ0) is 13.3. The molecule has 18 heavy (non-hydrogen) atoms. The fraction of sp³-hybridized carbons (Fsp3) is 0.833. The molecule has 0 aliphatic carbocycles. The molecule has 3 saturated heterocycles. The van der Waals surface area contributed by atoms with Crippen molar-refractivity contribution in [1.29, 1.82) is 0 Å². The Balaban J connectivity index is 2.05. The summed E-state index contributed by atoms with van der Waals surface area (Å²) in [5, 5.41) is 0. The minimum absolute atomic E-state index is 0.132. The van der Waals surface area contributed by atoms with Gasteiger partial charge in [-0.1, -0.05) is 0 Å². The molecule has 6 atom stereocenters. The van der Waals surface area contributed by atoms with Gasteiger partial charge in [0.2, 0.25) is 0 Å². The Morgan fingerprint density at radius 1 is 0.944 bits per heavy atom. The predicted molar refractivity (Wildman–Crippen MR) is 57.6 cm³/mol. The molecule has 0 unspecified atom stereocenters. The molecular formula is C12H16O6. The normalized spacial score (nSPS) is 51.8. The predicted octanol–water partition coefficient (Wildman–Crippen LogP) is -0.107. The highest BCUT2D eigenvalue weighted by atomic mass is 16.7. The number of rotatable bonds is 2. The van der Waals surface area contributed by atoms with E-state index in [0.29, 0.717) is 0 Å². The Morgan fingerprint density at radius 3 is 1.67 bits per heavy atom. The number of methoxy groups -OCH3 is 2. The lowest BCUT2D eigenvalue weighted by molar-refractivity contribution is -0.160. The second-order valence-corrected chi connectivity index (χ2v) is 5.45. The lowest BCUT2D eigenvalue weighted by atomic mass is 9.67. The number of hydrogen-bond acceptors (Lipinski definition) is 6. The third kappa shape index (κ3) is 1.10. The van der Waals surface area contributed by atoms with Gasteiger partial charge in [-0.15, -0.1) is 0 Å². The molecule has 2 bridgehead atoms. The van der Waals surface area contributed by atoms with Crippen LogP contribution in [0, 0.1) is 11.8 Å². The van der Waals surface area contributed by atoms with Crippen LogP contribution >= 0.6 is 0 Å². The molecule has 0 N–H and O–H groups in total. The fourth-order valence-electron chi connectivity index (χ4n) is 3.71. The van der Waals surface area contributed by atoms with Crippen LogP contribution in [0.2, 0.25) is 0 Å². The molecule has 0 saturated carbocycles. The van der Waals surface area contributed by atoms with E-state index >= 15 is 0 Å². The first kappa shape index (κ1) is 11.9. The van der Waals surface area contributed by atoms with E-state index in [2.05, 4.69) is 0 Å². The highest BCUT2D eigenvalue weighted by Crippen LogP contribution is 2.66. The molecule has 3 aliphatic rings. The van der Waals surface area contributed by atoms with Gasteiger partial charge in [0.25, 0.3) is 0 Å². The van der Waals surface area contributed by atoms with Gasteiger partial charge in [-0.3, -0.25) is 9.59 Å². The van der Waals surface area contributed by atoms with Gasteiger partial charge in [-0.05, 0) is 13.8 Å². The minimum Gasteiger partial charge on any atom is -0.469 e. The minimum atomic E-state index is -0.800. The molecule has 0 spiro atoms. The number of hydrogen-bond donors (Lipinski definition) is 0. The van der Waals surface area contributed by atoms with E-state index in [1.165, 1.54) is 14.2 Å². The number of carbonyl (C=O) groups is 2. The van der Waals surface area contributed by atoms with Gasteiger partial charge < -0.3 is 18.9 Å². The second-order valence-electron chi connectivity index (χ2n) is 5.45. The maximum atomic E-state index is 12.0. The Morgan fingerprint density at radius 2 is 1.33 bits per heavy atom. The second kappa shape index (κ2) is 3.24. The molecule has 0 amide bonds. The van der Waals surface area contributed by atoms with Crippen molar-refractivity contribution in [2.75, 3.05) is 14.2 Å². The zero-order valence-electron chi connectivity index (χ0n) is 10.8. The van der Waals surface area contributed by atoms with Crippen molar-refractivity contribution in [3.05, 3.63) is 0 Å². The van der Waals surface area contributed by atoms with Crippen molar-refractivity contribution in [2.45, 2.75) is 37.3 Å². The average Bonchev–Trinajstić information content (AvgIpc) is 3.07. The van der Waals surface area contributed by atoms with Crippen LogP contribution in [-0.2, 0) is 28.5 Å². The van der Waals surface area contributed by atoms with Gasteiger partial charge in [0.05, 0.1) is 14.2 Å². The first-order chi connectivity index (χ1) is 8.40. The maximum absolute atomic E-state index is 12.0. The molecular weight excluding hydrogens is 240 g/mol. The summed E-state index contributed by atoms with van der Waals surface area (Å²) in [5.74, 6) is -2.26. The van der Waals surface area contributed by atoms with Crippen LogP contribution < -0.4 is 0 Å². The summed E-state index contributed by atoms with van der Waals surface area (Å²) in [7, 11) is 2.61. The molecule has 0 radical (unpaired) electrons. The van der Waals surface area contributed by atoms with E-state index in [1.54, 1.807) is 13.8 Å². The molecule has 3 fully saturated rings. The summed E-state index contributed by atoms with van der Waals surface area (Å²) in [4.78, 5) is 24.0. The molecule has 3 rings (SSSR count). The highest BCUT2D eigenvalue weighted by molar-refractivity contribution is 5.86. The lowest BCUT2D eigenvalue weighted by Crippen LogP contribution is -2.51. The first-order valence-corrected chi connectivity index (χ1v) is 5.91. The van der Waals surface area contributed by atoms with Crippen molar-refractivity contribution in [2.24, 2.45) is 11.8 Å². The molecule has 3 heterocycles. The molecule has 3 aliphatic heterocycles. The van der Waals surface area contributed by atoms with E-state index < -0.39 is 35.0 Å². The van der Waals surface area contributed by atoms with Crippen LogP contribution in [-0.4, -0.2) is 49.6 Å². The highest BCUT2D eigenvalue weighted by Gasteiger charge is 2.83. The van der Waals surface area contributed by atoms with E-state index in [-0.39, 0.29) is 12.2 Å². The number of fused-ring (bicyclic) bond motifs is 5. The van der Waals surface area contributed by atoms with Gasteiger partial charge in [0.15, 0.2) is 0 Å². The molecule has 0 aromatic rings. The summed E-state index contributed by atoms with van der Waals surface area (Å²) in [5.41, 5.74) is -1.60. The van der Waals surface area contributed by atoms with Crippen LogP contribution in [0.3, 0.4) is 0 Å². The summed E-state index contributed by atoms with van der Waals surface area (Å²) < 4.78 is 21.1. The van der Waals surface area contributed by atoms with Crippen molar-refractivity contribution in [3.63, 3.8) is 0 Å². The number of esters is 2. The van der Waals surface area contributed by atoms with E-state index in [4.69, 9.17) is 18.9 Å². The van der Waals surface area contributed by atoms with Gasteiger partial charge in [-0.25, -0.2) is 0 Å². The number of carbonyl (C=O) groups excluding carboxylic acids is 2. The average molecular weight is 256 g/mol. The Labute approximate surface area is 105 Å². The Kier molecular flexibility index (Phi) is 2.15. The van der Waals surface area contributed by atoms with Crippen LogP contribution in [0.4, 0.5) is 0 Å². The summed E-state index contributed by atoms with van der Waals surface area (Å²) in [6, 6.07) is 0. The topological polar surface area (TPSA) is 74.4 Å². The molecule has 0 aromatic heterocycles.